The van der Waals surface area contributed by atoms with E-state index in [1.165, 1.54) is 12.8 Å². The van der Waals surface area contributed by atoms with Crippen molar-refractivity contribution >= 4 is 0 Å². The second-order valence-electron chi connectivity index (χ2n) is 1.68. The Labute approximate surface area is 39.9 Å². The summed E-state index contributed by atoms with van der Waals surface area (Å²) in [6.07, 6.45) is 2.97. The van der Waals surface area contributed by atoms with Crippen LogP contribution < -0.4 is 0 Å². The Morgan fingerprint density at radius 1 is 1.33 bits per heavy atom. The molecule has 36 valence electrons. The summed E-state index contributed by atoms with van der Waals surface area (Å²) in [5.74, 6) is 1.08. The second-order valence-corrected chi connectivity index (χ2v) is 1.68. The van der Waals surface area contributed by atoms with Gasteiger partial charge < -0.3 is 0 Å². The van der Waals surface area contributed by atoms with E-state index in [1.54, 1.807) is 0 Å². The van der Waals surface area contributed by atoms with Crippen LogP contribution in [0.15, 0.2) is 13.2 Å². The third-order valence-electron chi connectivity index (χ3n) is 0.866. The Balaban J connectivity index is 0.000000112. The van der Waals surface area contributed by atoms with E-state index in [0.717, 1.165) is 5.92 Å². The Morgan fingerprint density at radius 2 is 1.50 bits per heavy atom. The number of hydrogen-bond acceptors (Lipinski definition) is 0. The molecular weight excluding hydrogens is 72.1 g/mol. The van der Waals surface area contributed by atoms with Crippen LogP contribution in [0.25, 0.3) is 0 Å². The molecule has 0 radical (unpaired) electrons. The van der Waals surface area contributed by atoms with Gasteiger partial charge in [0.15, 0.2) is 0 Å². The molecule has 1 aliphatic carbocycles. The lowest BCUT2D eigenvalue weighted by molar-refractivity contribution is 0.983. The summed E-state index contributed by atoms with van der Waals surface area (Å²) in [5.41, 5.74) is 0. The van der Waals surface area contributed by atoms with Crippen molar-refractivity contribution in [1.29, 1.82) is 0 Å². The van der Waals surface area contributed by atoms with Gasteiger partial charge in [0.2, 0.25) is 0 Å². The maximum absolute atomic E-state index is 3.00. The zero-order valence-electron chi connectivity index (χ0n) is 4.41. The van der Waals surface area contributed by atoms with E-state index in [0.29, 0.717) is 0 Å². The predicted molar refractivity (Wildman–Crippen MR) is 29.7 cm³/mol. The largest absolute Gasteiger partial charge is 0.106 e. The molecule has 0 heterocycles. The Hall–Kier alpha value is -0.260. The highest BCUT2D eigenvalue weighted by molar-refractivity contribution is 4.65. The van der Waals surface area contributed by atoms with Crippen LogP contribution in [0.4, 0.5) is 0 Å². The third kappa shape index (κ3) is 3.74. The minimum atomic E-state index is 1.08. The fourth-order valence-corrected chi connectivity index (χ4v) is 0.167. The average Bonchev–Trinajstić information content (AvgIpc) is 2.30. The Bertz CT molecular complexity index is 27.0. The summed E-state index contributed by atoms with van der Waals surface area (Å²) in [4.78, 5) is 0. The molecule has 0 bridgehead atoms. The molecule has 1 fully saturated rings. The molecule has 6 heavy (non-hydrogen) atoms. The van der Waals surface area contributed by atoms with Crippen LogP contribution in [-0.4, -0.2) is 0 Å². The zero-order chi connectivity index (χ0) is 4.99. The van der Waals surface area contributed by atoms with Crippen LogP contribution in [0, 0.1) is 5.92 Å². The van der Waals surface area contributed by atoms with Crippen molar-refractivity contribution in [3.8, 4) is 0 Å². The molecule has 0 spiro atoms. The van der Waals surface area contributed by atoms with E-state index in [-0.39, 0.29) is 0 Å². The molecule has 0 N–H and O–H groups in total. The van der Waals surface area contributed by atoms with E-state index in [2.05, 4.69) is 20.1 Å². The predicted octanol–water partition coefficient (Wildman–Crippen LogP) is 2.22. The van der Waals surface area contributed by atoms with Crippen LogP contribution in [0.5, 0.6) is 0 Å². The highest BCUT2D eigenvalue weighted by Gasteiger charge is 2.12. The van der Waals surface area contributed by atoms with Crippen LogP contribution in [-0.2, 0) is 0 Å². The van der Waals surface area contributed by atoms with Gasteiger partial charge in [-0.05, 0) is 5.92 Å². The zero-order valence-corrected chi connectivity index (χ0v) is 4.41. The average molecular weight is 84.2 g/mol. The van der Waals surface area contributed by atoms with Gasteiger partial charge in [0.1, 0.15) is 0 Å². The van der Waals surface area contributed by atoms with Crippen LogP contribution in [0.2, 0.25) is 0 Å². The minimum Gasteiger partial charge on any atom is -0.106 e. The van der Waals surface area contributed by atoms with Crippen molar-refractivity contribution in [3.05, 3.63) is 13.2 Å². The van der Waals surface area contributed by atoms with Crippen LogP contribution in [0.1, 0.15) is 19.8 Å². The van der Waals surface area contributed by atoms with Gasteiger partial charge in [0, 0.05) is 0 Å². The molecule has 1 rings (SSSR count). The normalized spacial score (nSPS) is 18.2. The van der Waals surface area contributed by atoms with Crippen LogP contribution in [0.3, 0.4) is 0 Å². The molecule has 0 nitrogen and oxygen atoms in total. The maximum atomic E-state index is 3.00. The molecule has 0 aromatic heterocycles. The van der Waals surface area contributed by atoms with Gasteiger partial charge in [-0.3, -0.25) is 0 Å². The molecule has 0 atom stereocenters. The lowest BCUT2D eigenvalue weighted by Crippen LogP contribution is -1.42. The van der Waals surface area contributed by atoms with E-state index >= 15 is 0 Å². The topological polar surface area (TPSA) is 0 Å². The summed E-state index contributed by atoms with van der Waals surface area (Å²) in [5, 5.41) is 0. The van der Waals surface area contributed by atoms with Gasteiger partial charge in [0.25, 0.3) is 0 Å². The quantitative estimate of drug-likeness (QED) is 0.395. The summed E-state index contributed by atoms with van der Waals surface area (Å²) >= 11 is 0. The fourth-order valence-electron chi connectivity index (χ4n) is 0.167. The minimum absolute atomic E-state index is 1.08. The molecule has 0 unspecified atom stereocenters. The van der Waals surface area contributed by atoms with Crippen molar-refractivity contribution in [2.75, 3.05) is 0 Å². The number of hydrogen-bond donors (Lipinski definition) is 0. The molecule has 1 saturated carbocycles. The standard InChI is InChI=1S/C4H8.C2H4/c1-4-2-3-4;1-2/h4H,2-3H2,1H3;1-2H2. The summed E-state index contributed by atoms with van der Waals surface area (Å²) in [6.45, 7) is 8.28. The van der Waals surface area contributed by atoms with Gasteiger partial charge in [-0.2, -0.15) is 0 Å². The molecule has 0 heteroatoms. The second kappa shape index (κ2) is 2.95. The molecule has 1 aliphatic rings. The maximum Gasteiger partial charge on any atom is -0.0443 e. The molecule has 0 aliphatic heterocycles. The van der Waals surface area contributed by atoms with Crippen LogP contribution >= 0.6 is 0 Å². The van der Waals surface area contributed by atoms with E-state index in [9.17, 15) is 0 Å². The van der Waals surface area contributed by atoms with E-state index in [1.807, 2.05) is 0 Å². The Morgan fingerprint density at radius 3 is 1.50 bits per heavy atom. The number of rotatable bonds is 0. The monoisotopic (exact) mass is 84.1 g/mol. The first kappa shape index (κ1) is 5.74. The first-order valence-corrected chi connectivity index (χ1v) is 2.39. The van der Waals surface area contributed by atoms with Crippen molar-refractivity contribution in [2.24, 2.45) is 5.92 Å². The van der Waals surface area contributed by atoms with Crippen molar-refractivity contribution < 1.29 is 0 Å². The van der Waals surface area contributed by atoms with Gasteiger partial charge in [-0.15, -0.1) is 13.2 Å². The first-order chi connectivity index (χ1) is 2.89. The summed E-state index contributed by atoms with van der Waals surface area (Å²) in [6, 6.07) is 0. The lowest BCUT2D eigenvalue weighted by Gasteiger charge is -1.53. The van der Waals surface area contributed by atoms with E-state index < -0.39 is 0 Å². The molecule has 0 aromatic rings. The summed E-state index contributed by atoms with van der Waals surface area (Å²) in [7, 11) is 0. The highest BCUT2D eigenvalue weighted by Crippen LogP contribution is 2.26. The lowest BCUT2D eigenvalue weighted by atomic mass is 10.5. The van der Waals surface area contributed by atoms with E-state index in [4.69, 9.17) is 0 Å². The molecule has 0 saturated heterocycles. The van der Waals surface area contributed by atoms with Gasteiger partial charge in [-0.25, -0.2) is 0 Å². The Kier molecular flexibility index (Phi) is 2.82. The SMILES string of the molecule is C=C.CC1CC1. The van der Waals surface area contributed by atoms with Crippen molar-refractivity contribution in [1.82, 2.24) is 0 Å². The van der Waals surface area contributed by atoms with Crippen molar-refractivity contribution in [2.45, 2.75) is 19.8 Å². The first-order valence-electron chi connectivity index (χ1n) is 2.39. The molecular formula is C6H12. The van der Waals surface area contributed by atoms with Gasteiger partial charge >= 0.3 is 0 Å². The fraction of sp³-hybridized carbons (Fsp3) is 0.667. The smallest absolute Gasteiger partial charge is 0.0443 e. The molecule has 0 aromatic carbocycles. The highest BCUT2D eigenvalue weighted by atomic mass is 14.2. The van der Waals surface area contributed by atoms with Crippen molar-refractivity contribution in [3.63, 3.8) is 0 Å². The van der Waals surface area contributed by atoms with Gasteiger partial charge in [-0.1, -0.05) is 19.8 Å². The third-order valence-corrected chi connectivity index (χ3v) is 0.866. The molecule has 0 amide bonds. The van der Waals surface area contributed by atoms with Gasteiger partial charge in [0.05, 0.1) is 0 Å². The summed E-state index contributed by atoms with van der Waals surface area (Å²) < 4.78 is 0.